The first-order valence-corrected chi connectivity index (χ1v) is 6.12. The lowest BCUT2D eigenvalue weighted by atomic mass is 10.1. The Morgan fingerprint density at radius 1 is 1.25 bits per heavy atom. The van der Waals surface area contributed by atoms with Gasteiger partial charge in [-0.3, -0.25) is 0 Å². The van der Waals surface area contributed by atoms with Gasteiger partial charge in [0.1, 0.15) is 0 Å². The summed E-state index contributed by atoms with van der Waals surface area (Å²) in [7, 11) is 2.06. The summed E-state index contributed by atoms with van der Waals surface area (Å²) in [6.07, 6.45) is 9.26. The Morgan fingerprint density at radius 2 is 1.94 bits per heavy atom. The first-order valence-electron chi connectivity index (χ1n) is 6.12. The molecule has 0 aromatic carbocycles. The maximum atomic E-state index is 13.0. The standard InChI is InChI=1S/C13H19FN2/c1-16(11-6-4-2-3-5-7-11)12-8-9-15-13(14)10-12/h8-11H,2-7H2,1H3. The molecular weight excluding hydrogens is 203 g/mol. The first kappa shape index (κ1) is 11.4. The summed E-state index contributed by atoms with van der Waals surface area (Å²) in [5.74, 6) is -0.391. The van der Waals surface area contributed by atoms with Crippen LogP contribution in [0.3, 0.4) is 0 Å². The van der Waals surface area contributed by atoms with Gasteiger partial charge in [-0.2, -0.15) is 4.39 Å². The molecule has 88 valence electrons. The van der Waals surface area contributed by atoms with E-state index in [0.29, 0.717) is 6.04 Å². The molecule has 3 heteroatoms. The van der Waals surface area contributed by atoms with Crippen molar-refractivity contribution < 1.29 is 4.39 Å². The van der Waals surface area contributed by atoms with Crippen molar-refractivity contribution in [2.24, 2.45) is 0 Å². The molecule has 0 bridgehead atoms. The Labute approximate surface area is 96.5 Å². The second kappa shape index (κ2) is 5.28. The first-order chi connectivity index (χ1) is 7.77. The third-order valence-electron chi connectivity index (χ3n) is 3.49. The van der Waals surface area contributed by atoms with Gasteiger partial charge in [-0.1, -0.05) is 25.7 Å². The molecule has 0 radical (unpaired) electrons. The Kier molecular flexibility index (Phi) is 3.75. The molecule has 0 spiro atoms. The predicted octanol–water partition coefficient (Wildman–Crippen LogP) is 3.38. The zero-order chi connectivity index (χ0) is 11.4. The van der Waals surface area contributed by atoms with Crippen molar-refractivity contribution in [2.45, 2.75) is 44.6 Å². The fourth-order valence-electron chi connectivity index (χ4n) is 2.47. The van der Waals surface area contributed by atoms with Crippen LogP contribution in [-0.4, -0.2) is 18.1 Å². The van der Waals surface area contributed by atoms with E-state index in [0.717, 1.165) is 5.69 Å². The van der Waals surface area contributed by atoms with E-state index in [1.165, 1.54) is 50.8 Å². The molecular formula is C13H19FN2. The van der Waals surface area contributed by atoms with Crippen LogP contribution in [0.15, 0.2) is 18.3 Å². The van der Waals surface area contributed by atoms with E-state index >= 15 is 0 Å². The number of rotatable bonds is 2. The molecule has 0 saturated heterocycles. The lowest BCUT2D eigenvalue weighted by Gasteiger charge is -2.29. The van der Waals surface area contributed by atoms with E-state index in [1.54, 1.807) is 0 Å². The van der Waals surface area contributed by atoms with Crippen LogP contribution < -0.4 is 4.90 Å². The molecule has 1 fully saturated rings. The second-order valence-corrected chi connectivity index (χ2v) is 4.59. The van der Waals surface area contributed by atoms with Gasteiger partial charge in [-0.25, -0.2) is 4.98 Å². The predicted molar refractivity (Wildman–Crippen MR) is 64.1 cm³/mol. The smallest absolute Gasteiger partial charge is 0.214 e. The molecule has 0 aliphatic heterocycles. The summed E-state index contributed by atoms with van der Waals surface area (Å²) in [5.41, 5.74) is 0.944. The van der Waals surface area contributed by atoms with Crippen LogP contribution in [0.1, 0.15) is 38.5 Å². The molecule has 0 amide bonds. The zero-order valence-electron chi connectivity index (χ0n) is 9.82. The van der Waals surface area contributed by atoms with Gasteiger partial charge in [-0.15, -0.1) is 0 Å². The molecule has 1 aliphatic carbocycles. The minimum atomic E-state index is -0.391. The highest BCUT2D eigenvalue weighted by atomic mass is 19.1. The summed E-state index contributed by atoms with van der Waals surface area (Å²) >= 11 is 0. The van der Waals surface area contributed by atoms with E-state index in [1.807, 2.05) is 6.07 Å². The van der Waals surface area contributed by atoms with Crippen molar-refractivity contribution in [3.8, 4) is 0 Å². The normalized spacial score (nSPS) is 18.1. The third-order valence-corrected chi connectivity index (χ3v) is 3.49. The van der Waals surface area contributed by atoms with E-state index in [4.69, 9.17) is 0 Å². The SMILES string of the molecule is CN(c1ccnc(F)c1)C1CCCCCC1. The summed E-state index contributed by atoms with van der Waals surface area (Å²) in [5, 5.41) is 0. The average molecular weight is 222 g/mol. The molecule has 2 nitrogen and oxygen atoms in total. The van der Waals surface area contributed by atoms with Crippen LogP contribution >= 0.6 is 0 Å². The highest BCUT2D eigenvalue weighted by molar-refractivity contribution is 5.45. The van der Waals surface area contributed by atoms with E-state index < -0.39 is 5.95 Å². The average Bonchev–Trinajstić information content (AvgIpc) is 2.56. The molecule has 1 aromatic rings. The number of hydrogen-bond acceptors (Lipinski definition) is 2. The molecule has 1 aliphatic rings. The maximum Gasteiger partial charge on any atom is 0.214 e. The molecule has 2 rings (SSSR count). The lowest BCUT2D eigenvalue weighted by Crippen LogP contribution is -2.31. The van der Waals surface area contributed by atoms with Gasteiger partial charge >= 0.3 is 0 Å². The van der Waals surface area contributed by atoms with Gasteiger partial charge < -0.3 is 4.90 Å². The van der Waals surface area contributed by atoms with Gasteiger partial charge in [0.15, 0.2) is 0 Å². The number of aromatic nitrogens is 1. The van der Waals surface area contributed by atoms with Crippen LogP contribution in [0, 0.1) is 5.95 Å². The molecule has 1 aromatic heterocycles. The summed E-state index contributed by atoms with van der Waals surface area (Å²) in [6, 6.07) is 3.96. The summed E-state index contributed by atoms with van der Waals surface area (Å²) in [4.78, 5) is 5.80. The molecule has 0 unspecified atom stereocenters. The fraction of sp³-hybridized carbons (Fsp3) is 0.615. The van der Waals surface area contributed by atoms with Crippen LogP contribution in [0.4, 0.5) is 10.1 Å². The number of halogens is 1. The van der Waals surface area contributed by atoms with Crippen LogP contribution in [-0.2, 0) is 0 Å². The molecule has 1 heterocycles. The second-order valence-electron chi connectivity index (χ2n) is 4.59. The van der Waals surface area contributed by atoms with E-state index in [-0.39, 0.29) is 0 Å². The number of anilines is 1. The Balaban J connectivity index is 2.07. The van der Waals surface area contributed by atoms with Crippen LogP contribution in [0.2, 0.25) is 0 Å². The van der Waals surface area contributed by atoms with E-state index in [2.05, 4.69) is 16.9 Å². The molecule has 16 heavy (non-hydrogen) atoms. The fourth-order valence-corrected chi connectivity index (χ4v) is 2.47. The van der Waals surface area contributed by atoms with Gasteiger partial charge in [-0.05, 0) is 18.9 Å². The third kappa shape index (κ3) is 2.71. The largest absolute Gasteiger partial charge is 0.371 e. The van der Waals surface area contributed by atoms with Crippen molar-refractivity contribution >= 4 is 5.69 Å². The molecule has 0 N–H and O–H groups in total. The minimum Gasteiger partial charge on any atom is -0.371 e. The monoisotopic (exact) mass is 222 g/mol. The quantitative estimate of drug-likeness (QED) is 0.563. The summed E-state index contributed by atoms with van der Waals surface area (Å²) < 4.78 is 13.0. The van der Waals surface area contributed by atoms with Crippen molar-refractivity contribution in [3.05, 3.63) is 24.3 Å². The maximum absolute atomic E-state index is 13.0. The Hall–Kier alpha value is -1.12. The highest BCUT2D eigenvalue weighted by Crippen LogP contribution is 2.25. The molecule has 1 saturated carbocycles. The Bertz CT molecular complexity index is 332. The van der Waals surface area contributed by atoms with Crippen molar-refractivity contribution in [1.29, 1.82) is 0 Å². The highest BCUT2D eigenvalue weighted by Gasteiger charge is 2.17. The van der Waals surface area contributed by atoms with Crippen molar-refractivity contribution in [2.75, 3.05) is 11.9 Å². The van der Waals surface area contributed by atoms with Crippen LogP contribution in [0.25, 0.3) is 0 Å². The van der Waals surface area contributed by atoms with Gasteiger partial charge in [0.05, 0.1) is 0 Å². The number of nitrogens with zero attached hydrogens (tertiary/aromatic N) is 2. The van der Waals surface area contributed by atoms with Crippen molar-refractivity contribution in [1.82, 2.24) is 4.98 Å². The summed E-state index contributed by atoms with van der Waals surface area (Å²) in [6.45, 7) is 0. The molecule has 0 atom stereocenters. The topological polar surface area (TPSA) is 16.1 Å². The zero-order valence-corrected chi connectivity index (χ0v) is 9.82. The van der Waals surface area contributed by atoms with Crippen molar-refractivity contribution in [3.63, 3.8) is 0 Å². The van der Waals surface area contributed by atoms with E-state index in [9.17, 15) is 4.39 Å². The lowest BCUT2D eigenvalue weighted by molar-refractivity contribution is 0.547. The number of hydrogen-bond donors (Lipinski definition) is 0. The van der Waals surface area contributed by atoms with Gasteiger partial charge in [0, 0.05) is 31.0 Å². The van der Waals surface area contributed by atoms with Crippen LogP contribution in [0.5, 0.6) is 0 Å². The minimum absolute atomic E-state index is 0.391. The van der Waals surface area contributed by atoms with Gasteiger partial charge in [0.25, 0.3) is 0 Å². The van der Waals surface area contributed by atoms with Gasteiger partial charge in [0.2, 0.25) is 5.95 Å². The number of pyridine rings is 1. The Morgan fingerprint density at radius 3 is 2.56 bits per heavy atom.